The van der Waals surface area contributed by atoms with Gasteiger partial charge in [-0.25, -0.2) is 4.68 Å². The van der Waals surface area contributed by atoms with Gasteiger partial charge in [0.15, 0.2) is 5.69 Å². The van der Waals surface area contributed by atoms with Crippen molar-refractivity contribution in [3.63, 3.8) is 0 Å². The first-order valence-corrected chi connectivity index (χ1v) is 6.07. The zero-order valence-electron chi connectivity index (χ0n) is 11.5. The van der Waals surface area contributed by atoms with Crippen LogP contribution in [0.1, 0.15) is 16.1 Å². The molecule has 1 amide bonds. The summed E-state index contributed by atoms with van der Waals surface area (Å²) in [5.41, 5.74) is 0.0940. The average Bonchev–Trinajstić information content (AvgIpc) is 2.96. The molecule has 0 aliphatic rings. The Balaban J connectivity index is 2.20. The van der Waals surface area contributed by atoms with Gasteiger partial charge in [0, 0.05) is 25.4 Å². The van der Waals surface area contributed by atoms with Gasteiger partial charge >= 0.3 is 0 Å². The Labute approximate surface area is 124 Å². The molecule has 9 heteroatoms. The Morgan fingerprint density at radius 2 is 2.32 bits per heavy atom. The van der Waals surface area contributed by atoms with Crippen LogP contribution in [-0.2, 0) is 11.5 Å². The number of carbonyl (C=O) groups is 1. The summed E-state index contributed by atoms with van der Waals surface area (Å²) < 4.78 is 6.30. The smallest absolute Gasteiger partial charge is 0.276 e. The number of nitro groups is 1. The Morgan fingerprint density at radius 3 is 2.95 bits per heavy atom. The number of hydrogen-bond acceptors (Lipinski definition) is 6. The number of anilines is 1. The average molecular weight is 301 g/mol. The third-order valence-corrected chi connectivity index (χ3v) is 2.72. The van der Waals surface area contributed by atoms with E-state index in [1.807, 2.05) is 6.07 Å². The third-order valence-electron chi connectivity index (χ3n) is 2.72. The molecule has 0 fully saturated rings. The quantitative estimate of drug-likeness (QED) is 0.659. The van der Waals surface area contributed by atoms with Crippen LogP contribution in [0.2, 0.25) is 0 Å². The van der Waals surface area contributed by atoms with Gasteiger partial charge in [0.25, 0.3) is 11.6 Å². The number of nitrogens with zero attached hydrogens (tertiary/aromatic N) is 4. The highest BCUT2D eigenvalue weighted by Crippen LogP contribution is 2.21. The van der Waals surface area contributed by atoms with Gasteiger partial charge in [0.1, 0.15) is 12.8 Å². The fourth-order valence-corrected chi connectivity index (χ4v) is 1.72. The molecule has 22 heavy (non-hydrogen) atoms. The van der Waals surface area contributed by atoms with Gasteiger partial charge in [-0.2, -0.15) is 10.4 Å². The van der Waals surface area contributed by atoms with E-state index in [0.29, 0.717) is 0 Å². The van der Waals surface area contributed by atoms with Gasteiger partial charge in [-0.1, -0.05) is 0 Å². The lowest BCUT2D eigenvalue weighted by molar-refractivity contribution is -0.384. The monoisotopic (exact) mass is 301 g/mol. The summed E-state index contributed by atoms with van der Waals surface area (Å²) in [5.74, 6) is -0.528. The van der Waals surface area contributed by atoms with Crippen molar-refractivity contribution in [1.82, 2.24) is 9.78 Å². The van der Waals surface area contributed by atoms with E-state index in [9.17, 15) is 14.9 Å². The first kappa shape index (κ1) is 15.1. The number of nitriles is 1. The predicted octanol–water partition coefficient (Wildman–Crippen LogP) is 1.52. The van der Waals surface area contributed by atoms with Crippen LogP contribution < -0.4 is 5.32 Å². The number of rotatable bonds is 5. The summed E-state index contributed by atoms with van der Waals surface area (Å²) in [4.78, 5) is 22.1. The number of amides is 1. The van der Waals surface area contributed by atoms with Crippen molar-refractivity contribution in [3.8, 4) is 6.07 Å². The molecule has 0 atom stereocenters. The lowest BCUT2D eigenvalue weighted by Crippen LogP contribution is -2.14. The highest BCUT2D eigenvalue weighted by Gasteiger charge is 2.15. The number of non-ortho nitro benzene ring substituents is 1. The van der Waals surface area contributed by atoms with Crippen molar-refractivity contribution >= 4 is 17.3 Å². The number of nitro benzene ring substituents is 1. The lowest BCUT2D eigenvalue weighted by Gasteiger charge is -2.05. The molecule has 0 saturated carbocycles. The van der Waals surface area contributed by atoms with Crippen LogP contribution in [0.25, 0.3) is 0 Å². The number of methoxy groups -OCH3 is 1. The number of nitrogens with one attached hydrogen (secondary N) is 1. The molecule has 2 rings (SSSR count). The molecule has 0 aliphatic carbocycles. The van der Waals surface area contributed by atoms with Crippen LogP contribution in [-0.4, -0.2) is 27.7 Å². The van der Waals surface area contributed by atoms with Gasteiger partial charge in [-0.15, -0.1) is 0 Å². The minimum absolute atomic E-state index is 0.00104. The number of ether oxygens (including phenoxy) is 1. The van der Waals surface area contributed by atoms with E-state index in [1.54, 1.807) is 6.20 Å². The van der Waals surface area contributed by atoms with Crippen molar-refractivity contribution in [3.05, 3.63) is 51.8 Å². The van der Waals surface area contributed by atoms with Crippen molar-refractivity contribution < 1.29 is 14.5 Å². The van der Waals surface area contributed by atoms with Crippen molar-refractivity contribution in [2.24, 2.45) is 0 Å². The second-order valence-corrected chi connectivity index (χ2v) is 4.21. The van der Waals surface area contributed by atoms with Crippen molar-refractivity contribution in [2.45, 2.75) is 6.73 Å². The van der Waals surface area contributed by atoms with E-state index in [1.165, 1.54) is 30.0 Å². The molecule has 0 bridgehead atoms. The fraction of sp³-hybridized carbons (Fsp3) is 0.154. The molecule has 0 aliphatic heterocycles. The second-order valence-electron chi connectivity index (χ2n) is 4.21. The summed E-state index contributed by atoms with van der Waals surface area (Å²) in [6.45, 7) is 0.203. The maximum absolute atomic E-state index is 12.0. The predicted molar refractivity (Wildman–Crippen MR) is 75.0 cm³/mol. The molecule has 1 aromatic heterocycles. The summed E-state index contributed by atoms with van der Waals surface area (Å²) in [6, 6.07) is 6.91. The molecule has 1 aromatic carbocycles. The van der Waals surface area contributed by atoms with E-state index < -0.39 is 10.8 Å². The van der Waals surface area contributed by atoms with Crippen molar-refractivity contribution in [2.75, 3.05) is 12.4 Å². The maximum atomic E-state index is 12.0. The van der Waals surface area contributed by atoms with Crippen LogP contribution in [0.15, 0.2) is 30.5 Å². The molecule has 112 valence electrons. The first-order valence-electron chi connectivity index (χ1n) is 6.07. The standard InChI is InChI=1S/C13H11N5O4/c1-22-8-17-5-4-12(16-17)13(19)15-11-3-2-10(18(20)21)6-9(11)7-14/h2-6H,8H2,1H3,(H,15,19). The SMILES string of the molecule is COCn1ccc(C(=O)Nc2ccc([N+](=O)[O-])cc2C#N)n1. The maximum Gasteiger partial charge on any atom is 0.276 e. The van der Waals surface area contributed by atoms with E-state index >= 15 is 0 Å². The highest BCUT2D eigenvalue weighted by atomic mass is 16.6. The molecular weight excluding hydrogens is 290 g/mol. The Morgan fingerprint density at radius 1 is 1.55 bits per heavy atom. The number of carbonyl (C=O) groups excluding carboxylic acids is 1. The number of benzene rings is 1. The van der Waals surface area contributed by atoms with Crippen molar-refractivity contribution in [1.29, 1.82) is 5.26 Å². The summed E-state index contributed by atoms with van der Waals surface area (Å²) in [5, 5.41) is 26.2. The molecular formula is C13H11N5O4. The zero-order chi connectivity index (χ0) is 16.1. The van der Waals surface area contributed by atoms with Crippen LogP contribution in [0.4, 0.5) is 11.4 Å². The summed E-state index contributed by atoms with van der Waals surface area (Å²) in [7, 11) is 1.50. The third kappa shape index (κ3) is 3.25. The summed E-state index contributed by atoms with van der Waals surface area (Å²) in [6.07, 6.45) is 1.57. The highest BCUT2D eigenvalue weighted by molar-refractivity contribution is 6.03. The summed E-state index contributed by atoms with van der Waals surface area (Å²) >= 11 is 0. The molecule has 1 N–H and O–H groups in total. The molecule has 1 heterocycles. The van der Waals surface area contributed by atoms with E-state index in [2.05, 4.69) is 10.4 Å². The normalized spacial score (nSPS) is 10.0. The molecule has 0 unspecified atom stereocenters. The number of aromatic nitrogens is 2. The minimum Gasteiger partial charge on any atom is -0.362 e. The van der Waals surface area contributed by atoms with Gasteiger partial charge in [0.2, 0.25) is 0 Å². The van der Waals surface area contributed by atoms with Gasteiger partial charge in [-0.05, 0) is 12.1 Å². The Hall–Kier alpha value is -3.25. The van der Waals surface area contributed by atoms with Crippen LogP contribution in [0, 0.1) is 21.4 Å². The van der Waals surface area contributed by atoms with Gasteiger partial charge < -0.3 is 10.1 Å². The molecule has 0 radical (unpaired) electrons. The van der Waals surface area contributed by atoms with E-state index in [4.69, 9.17) is 10.00 Å². The molecule has 0 saturated heterocycles. The molecule has 2 aromatic rings. The van der Waals surface area contributed by atoms with Crippen LogP contribution >= 0.6 is 0 Å². The Kier molecular flexibility index (Phi) is 4.45. The zero-order valence-corrected chi connectivity index (χ0v) is 11.5. The van der Waals surface area contributed by atoms with Crippen LogP contribution in [0.5, 0.6) is 0 Å². The lowest BCUT2D eigenvalue weighted by atomic mass is 10.1. The fourth-order valence-electron chi connectivity index (χ4n) is 1.72. The molecule has 0 spiro atoms. The first-order chi connectivity index (χ1) is 10.5. The van der Waals surface area contributed by atoms with Gasteiger partial charge in [0.05, 0.1) is 16.2 Å². The van der Waals surface area contributed by atoms with Crippen LogP contribution in [0.3, 0.4) is 0 Å². The number of hydrogen-bond donors (Lipinski definition) is 1. The van der Waals surface area contributed by atoms with Gasteiger partial charge in [-0.3, -0.25) is 14.9 Å². The topological polar surface area (TPSA) is 123 Å². The van der Waals surface area contributed by atoms with E-state index in [-0.39, 0.29) is 29.4 Å². The second kappa shape index (κ2) is 6.47. The van der Waals surface area contributed by atoms with E-state index in [0.717, 1.165) is 6.07 Å². The molecule has 9 nitrogen and oxygen atoms in total. The Bertz CT molecular complexity index is 762. The largest absolute Gasteiger partial charge is 0.362 e. The minimum atomic E-state index is -0.612.